The van der Waals surface area contributed by atoms with Crippen LogP contribution < -0.4 is 5.73 Å². The molecule has 2 aliphatic rings. The first kappa shape index (κ1) is 7.56. The second-order valence-electron chi connectivity index (χ2n) is 3.94. The molecule has 11 heavy (non-hydrogen) atoms. The largest absolute Gasteiger partial charge is 0.381 e. The Morgan fingerprint density at radius 1 is 1.45 bits per heavy atom. The Bertz CT molecular complexity index is 140. The molecule has 2 fully saturated rings. The number of hydrogen-bond acceptors (Lipinski definition) is 2. The van der Waals surface area contributed by atoms with E-state index >= 15 is 0 Å². The third-order valence-electron chi connectivity index (χ3n) is 3.60. The van der Waals surface area contributed by atoms with Gasteiger partial charge in [0.15, 0.2) is 0 Å². The minimum Gasteiger partial charge on any atom is -0.381 e. The fourth-order valence-corrected chi connectivity index (χ4v) is 2.98. The molecule has 0 bridgehead atoms. The summed E-state index contributed by atoms with van der Waals surface area (Å²) in [6.07, 6.45) is 5.98. The van der Waals surface area contributed by atoms with E-state index in [0.29, 0.717) is 17.4 Å². The van der Waals surface area contributed by atoms with Crippen molar-refractivity contribution in [3.63, 3.8) is 0 Å². The topological polar surface area (TPSA) is 35.2 Å². The zero-order valence-corrected chi connectivity index (χ0v) is 7.18. The number of rotatable bonds is 2. The number of nitrogens with two attached hydrogens (primary N) is 1. The molecular formula is C9H17NO. The fraction of sp³-hybridized carbons (Fsp3) is 1.00. The van der Waals surface area contributed by atoms with Crippen molar-refractivity contribution in [3.05, 3.63) is 0 Å². The van der Waals surface area contributed by atoms with Crippen LogP contribution in [0, 0.1) is 11.3 Å². The summed E-state index contributed by atoms with van der Waals surface area (Å²) in [5.41, 5.74) is 6.21. The molecule has 0 aromatic heterocycles. The minimum absolute atomic E-state index is 0.495. The highest BCUT2D eigenvalue weighted by atomic mass is 16.5. The van der Waals surface area contributed by atoms with Crippen molar-refractivity contribution in [2.45, 2.75) is 31.8 Å². The first-order valence-corrected chi connectivity index (χ1v) is 4.58. The maximum absolute atomic E-state index is 5.67. The Balaban J connectivity index is 2.04. The molecule has 64 valence electrons. The van der Waals surface area contributed by atoms with E-state index in [1.807, 2.05) is 7.11 Å². The van der Waals surface area contributed by atoms with Crippen LogP contribution in [0.15, 0.2) is 0 Å². The molecule has 0 saturated heterocycles. The van der Waals surface area contributed by atoms with E-state index in [1.165, 1.54) is 25.7 Å². The zero-order valence-electron chi connectivity index (χ0n) is 7.18. The summed E-state index contributed by atoms with van der Waals surface area (Å²) < 4.78 is 5.42. The molecule has 2 aliphatic carbocycles. The Labute approximate surface area is 68.1 Å². The second-order valence-corrected chi connectivity index (χ2v) is 3.94. The second kappa shape index (κ2) is 2.46. The van der Waals surface area contributed by atoms with E-state index in [0.717, 1.165) is 6.54 Å². The molecule has 2 saturated carbocycles. The highest BCUT2D eigenvalue weighted by molar-refractivity contribution is 5.14. The predicted octanol–water partition coefficient (Wildman–Crippen LogP) is 1.15. The molecule has 0 unspecified atom stereocenters. The molecule has 2 N–H and O–H groups in total. The normalized spacial score (nSPS) is 39.8. The van der Waals surface area contributed by atoms with E-state index in [4.69, 9.17) is 10.5 Å². The van der Waals surface area contributed by atoms with Crippen molar-refractivity contribution >= 4 is 0 Å². The SMILES string of the molecule is CO[C@H]1[C@H](CN)C12CCCC2. The smallest absolute Gasteiger partial charge is 0.0678 e. The van der Waals surface area contributed by atoms with Crippen molar-refractivity contribution in [1.82, 2.24) is 0 Å². The summed E-state index contributed by atoms with van der Waals surface area (Å²) >= 11 is 0. The van der Waals surface area contributed by atoms with Crippen LogP contribution in [0.1, 0.15) is 25.7 Å². The minimum atomic E-state index is 0.495. The summed E-state index contributed by atoms with van der Waals surface area (Å²) in [4.78, 5) is 0. The zero-order chi connectivity index (χ0) is 7.90. The van der Waals surface area contributed by atoms with Gasteiger partial charge >= 0.3 is 0 Å². The van der Waals surface area contributed by atoms with Crippen LogP contribution in [0.2, 0.25) is 0 Å². The van der Waals surface area contributed by atoms with Crippen molar-refractivity contribution in [2.75, 3.05) is 13.7 Å². The third kappa shape index (κ3) is 0.859. The number of methoxy groups -OCH3 is 1. The molecule has 0 radical (unpaired) electrons. The van der Waals surface area contributed by atoms with Gasteiger partial charge in [-0.3, -0.25) is 0 Å². The standard InChI is InChI=1S/C9H17NO/c1-11-8-7(6-10)9(8)4-2-3-5-9/h7-8H,2-6,10H2,1H3/t7-,8-/m0/s1. The van der Waals surface area contributed by atoms with Crippen molar-refractivity contribution < 1.29 is 4.74 Å². The maximum atomic E-state index is 5.67. The average molecular weight is 155 g/mol. The average Bonchev–Trinajstić information content (AvgIpc) is 2.39. The van der Waals surface area contributed by atoms with Gasteiger partial charge in [-0.2, -0.15) is 0 Å². The predicted molar refractivity (Wildman–Crippen MR) is 44.2 cm³/mol. The van der Waals surface area contributed by atoms with Crippen LogP contribution in [-0.2, 0) is 4.74 Å². The van der Waals surface area contributed by atoms with Gasteiger partial charge in [-0.05, 0) is 19.4 Å². The summed E-state index contributed by atoms with van der Waals surface area (Å²) in [6, 6.07) is 0. The van der Waals surface area contributed by atoms with Crippen LogP contribution in [0.4, 0.5) is 0 Å². The lowest BCUT2D eigenvalue weighted by atomic mass is 10.0. The van der Waals surface area contributed by atoms with Gasteiger partial charge in [0.1, 0.15) is 0 Å². The lowest BCUT2D eigenvalue weighted by Gasteiger charge is -2.05. The van der Waals surface area contributed by atoms with E-state index in [2.05, 4.69) is 0 Å². The quantitative estimate of drug-likeness (QED) is 0.649. The summed E-state index contributed by atoms with van der Waals surface area (Å²) in [5.74, 6) is 0.676. The highest BCUT2D eigenvalue weighted by Crippen LogP contribution is 2.63. The van der Waals surface area contributed by atoms with Crippen LogP contribution in [0.25, 0.3) is 0 Å². The molecule has 2 nitrogen and oxygen atoms in total. The van der Waals surface area contributed by atoms with Gasteiger partial charge in [-0.25, -0.2) is 0 Å². The van der Waals surface area contributed by atoms with Gasteiger partial charge in [-0.1, -0.05) is 12.8 Å². The Kier molecular flexibility index (Phi) is 1.69. The van der Waals surface area contributed by atoms with Gasteiger partial charge in [0.25, 0.3) is 0 Å². The third-order valence-corrected chi connectivity index (χ3v) is 3.60. The molecule has 0 aromatic rings. The van der Waals surface area contributed by atoms with Crippen molar-refractivity contribution in [1.29, 1.82) is 0 Å². The molecule has 1 spiro atoms. The molecule has 2 atom stereocenters. The van der Waals surface area contributed by atoms with Gasteiger partial charge in [0.2, 0.25) is 0 Å². The summed E-state index contributed by atoms with van der Waals surface area (Å²) in [5, 5.41) is 0. The lowest BCUT2D eigenvalue weighted by molar-refractivity contribution is 0.141. The van der Waals surface area contributed by atoms with Gasteiger partial charge < -0.3 is 10.5 Å². The van der Waals surface area contributed by atoms with Gasteiger partial charge in [0.05, 0.1) is 6.10 Å². The summed E-state index contributed by atoms with van der Waals surface area (Å²) in [6.45, 7) is 0.818. The molecule has 2 rings (SSSR count). The van der Waals surface area contributed by atoms with Crippen LogP contribution >= 0.6 is 0 Å². The van der Waals surface area contributed by atoms with Crippen LogP contribution in [0.3, 0.4) is 0 Å². The molecule has 0 heterocycles. The number of hydrogen-bond donors (Lipinski definition) is 1. The summed E-state index contributed by atoms with van der Waals surface area (Å²) in [7, 11) is 1.82. The molecule has 2 heteroatoms. The van der Waals surface area contributed by atoms with Gasteiger partial charge in [0, 0.05) is 18.4 Å². The first-order chi connectivity index (χ1) is 5.35. The monoisotopic (exact) mass is 155 g/mol. The highest BCUT2D eigenvalue weighted by Gasteiger charge is 2.64. The lowest BCUT2D eigenvalue weighted by Crippen LogP contribution is -2.07. The van der Waals surface area contributed by atoms with E-state index in [1.54, 1.807) is 0 Å². The van der Waals surface area contributed by atoms with E-state index in [9.17, 15) is 0 Å². The van der Waals surface area contributed by atoms with Crippen LogP contribution in [0.5, 0.6) is 0 Å². The Hall–Kier alpha value is -0.0800. The Morgan fingerprint density at radius 2 is 2.09 bits per heavy atom. The van der Waals surface area contributed by atoms with Crippen LogP contribution in [-0.4, -0.2) is 19.8 Å². The van der Waals surface area contributed by atoms with Crippen molar-refractivity contribution in [2.24, 2.45) is 17.1 Å². The fourth-order valence-electron chi connectivity index (χ4n) is 2.98. The molecule has 0 aromatic carbocycles. The maximum Gasteiger partial charge on any atom is 0.0678 e. The first-order valence-electron chi connectivity index (χ1n) is 4.58. The van der Waals surface area contributed by atoms with E-state index < -0.39 is 0 Å². The van der Waals surface area contributed by atoms with Crippen molar-refractivity contribution in [3.8, 4) is 0 Å². The Morgan fingerprint density at radius 3 is 2.45 bits per heavy atom. The van der Waals surface area contributed by atoms with E-state index in [-0.39, 0.29) is 0 Å². The molecular weight excluding hydrogens is 138 g/mol. The molecule has 0 amide bonds. The van der Waals surface area contributed by atoms with Gasteiger partial charge in [-0.15, -0.1) is 0 Å². The molecule has 0 aliphatic heterocycles. The number of ether oxygens (including phenoxy) is 1.